The van der Waals surface area contributed by atoms with Gasteiger partial charge >= 0.3 is 32.7 Å². The average Bonchev–Trinajstić information content (AvgIpc) is 2.38. The van der Waals surface area contributed by atoms with E-state index in [1.54, 1.807) is 0 Å². The summed E-state index contributed by atoms with van der Waals surface area (Å²) in [6.07, 6.45) is 0. The Labute approximate surface area is 148 Å². The monoisotopic (exact) mass is 336 g/mol. The van der Waals surface area contributed by atoms with Crippen LogP contribution in [-0.4, -0.2) is 0 Å². The van der Waals surface area contributed by atoms with Crippen LogP contribution in [0, 0.1) is 30.7 Å². The molecule has 20 heavy (non-hydrogen) atoms. The fourth-order valence-corrected chi connectivity index (χ4v) is 1.25. The van der Waals surface area contributed by atoms with Crippen molar-refractivity contribution in [2.75, 3.05) is 0 Å². The van der Waals surface area contributed by atoms with E-state index in [1.807, 2.05) is 48.5 Å². The normalized spacial score (nSPS) is 8.60. The summed E-state index contributed by atoms with van der Waals surface area (Å²) >= 11 is 0. The summed E-state index contributed by atoms with van der Waals surface area (Å²) in [5.41, 5.74) is 2.83. The largest absolute Gasteiger partial charge is 3.00 e. The fraction of sp³-hybridized carbons (Fsp3) is 0.158. The summed E-state index contributed by atoms with van der Waals surface area (Å²) in [6.45, 7) is 10.2. The minimum Gasteiger partial charge on any atom is -0.323 e. The van der Waals surface area contributed by atoms with E-state index in [-0.39, 0.29) is 32.7 Å². The molecule has 2 aromatic carbocycles. The maximum atomic E-state index is 3.92. The van der Waals surface area contributed by atoms with E-state index in [0.717, 1.165) is 16.7 Å². The minimum absolute atomic E-state index is 0. The van der Waals surface area contributed by atoms with Crippen molar-refractivity contribution in [3.63, 3.8) is 0 Å². The maximum Gasteiger partial charge on any atom is 3.00 e. The van der Waals surface area contributed by atoms with Crippen molar-refractivity contribution in [3.8, 4) is 11.8 Å². The van der Waals surface area contributed by atoms with E-state index < -0.39 is 0 Å². The first-order valence-corrected chi connectivity index (χ1v) is 6.26. The average molecular weight is 336 g/mol. The molecule has 0 amide bonds. The molecule has 0 spiro atoms. The smallest absolute Gasteiger partial charge is 0.323 e. The van der Waals surface area contributed by atoms with Crippen molar-refractivity contribution < 1.29 is 32.7 Å². The molecule has 0 aliphatic heterocycles. The third-order valence-electron chi connectivity index (χ3n) is 2.06. The topological polar surface area (TPSA) is 0 Å². The predicted octanol–water partition coefficient (Wildman–Crippen LogP) is 4.69. The van der Waals surface area contributed by atoms with Crippen molar-refractivity contribution in [2.24, 2.45) is 0 Å². The second kappa shape index (κ2) is 10.7. The van der Waals surface area contributed by atoms with Gasteiger partial charge in [-0.15, -0.1) is 48.0 Å². The second-order valence-electron chi connectivity index (χ2n) is 4.68. The molecule has 0 N–H and O–H groups in total. The van der Waals surface area contributed by atoms with Crippen molar-refractivity contribution in [1.82, 2.24) is 0 Å². The van der Waals surface area contributed by atoms with Gasteiger partial charge in [-0.1, -0.05) is 11.6 Å². The third-order valence-corrected chi connectivity index (χ3v) is 2.06. The molecule has 2 aromatic rings. The van der Waals surface area contributed by atoms with Crippen LogP contribution in [0.25, 0.3) is 0 Å². The Bertz CT molecular complexity index is 542. The molecule has 0 radical (unpaired) electrons. The Kier molecular flexibility index (Phi) is 10.2. The van der Waals surface area contributed by atoms with E-state index >= 15 is 0 Å². The summed E-state index contributed by atoms with van der Waals surface area (Å²) in [5, 5.41) is 0. The van der Waals surface area contributed by atoms with E-state index in [4.69, 9.17) is 0 Å². The van der Waals surface area contributed by atoms with Crippen LogP contribution in [0.1, 0.15) is 37.5 Å². The maximum absolute atomic E-state index is 3.92. The number of hydrogen-bond donors (Lipinski definition) is 0. The first-order chi connectivity index (χ1) is 9.09. The van der Waals surface area contributed by atoms with Gasteiger partial charge in [0.15, 0.2) is 0 Å². The Morgan fingerprint density at radius 1 is 0.950 bits per heavy atom. The van der Waals surface area contributed by atoms with Gasteiger partial charge in [0.25, 0.3) is 0 Å². The summed E-state index contributed by atoms with van der Waals surface area (Å²) in [5.74, 6) is 7.56. The van der Waals surface area contributed by atoms with Crippen LogP contribution in [0.5, 0.6) is 0 Å². The number of hydrogen-bond acceptors (Lipinski definition) is 0. The zero-order valence-electron chi connectivity index (χ0n) is 12.4. The molecule has 0 bridgehead atoms. The van der Waals surface area contributed by atoms with Gasteiger partial charge in [0, 0.05) is 0 Å². The molecular formula is C19H19Y. The second-order valence-corrected chi connectivity index (χ2v) is 4.68. The van der Waals surface area contributed by atoms with Gasteiger partial charge in [0.05, 0.1) is 0 Å². The SMILES string of the molecule is C[C-](C)C.[CH2-]c1ccccc1C#Cc1[c-]cccc1.[Y+3]. The van der Waals surface area contributed by atoms with Crippen molar-refractivity contribution in [3.05, 3.63) is 84.1 Å². The Hall–Kier alpha value is -1.03. The van der Waals surface area contributed by atoms with Gasteiger partial charge in [0.1, 0.15) is 0 Å². The number of rotatable bonds is 0. The molecule has 0 heterocycles. The Balaban J connectivity index is 0.000000644. The van der Waals surface area contributed by atoms with Crippen molar-refractivity contribution in [1.29, 1.82) is 0 Å². The molecule has 0 aliphatic rings. The quantitative estimate of drug-likeness (QED) is 0.484. The van der Waals surface area contributed by atoms with Gasteiger partial charge in [-0.3, -0.25) is 0 Å². The molecule has 0 atom stereocenters. The standard InChI is InChI=1S/C15H10.C4H9.Y/c1-13-7-5-6-10-15(13)12-11-14-8-3-2-4-9-14;1-4(2)3;/h2-8,10H,1H2;1-3H3;/q-2;-1;+3. The summed E-state index contributed by atoms with van der Waals surface area (Å²) < 4.78 is 0. The van der Waals surface area contributed by atoms with Gasteiger partial charge in [-0.2, -0.15) is 45.2 Å². The van der Waals surface area contributed by atoms with Gasteiger partial charge in [-0.25, -0.2) is 5.92 Å². The van der Waals surface area contributed by atoms with Crippen LogP contribution in [0.4, 0.5) is 0 Å². The third kappa shape index (κ3) is 8.21. The first kappa shape index (κ1) is 19.0. The van der Waals surface area contributed by atoms with E-state index in [9.17, 15) is 0 Å². The summed E-state index contributed by atoms with van der Waals surface area (Å²) in [4.78, 5) is 0. The molecule has 98 valence electrons. The molecule has 0 unspecified atom stereocenters. The van der Waals surface area contributed by atoms with E-state index in [2.05, 4.69) is 45.6 Å². The van der Waals surface area contributed by atoms with Crippen LogP contribution in [0.15, 0.2) is 48.5 Å². The van der Waals surface area contributed by atoms with E-state index in [1.165, 1.54) is 5.92 Å². The molecular weight excluding hydrogens is 317 g/mol. The molecule has 0 saturated heterocycles. The molecule has 0 aliphatic carbocycles. The Morgan fingerprint density at radius 2 is 1.55 bits per heavy atom. The van der Waals surface area contributed by atoms with Crippen LogP contribution >= 0.6 is 0 Å². The van der Waals surface area contributed by atoms with Gasteiger partial charge < -0.3 is 5.92 Å². The molecule has 0 nitrogen and oxygen atoms in total. The summed E-state index contributed by atoms with van der Waals surface area (Å²) in [7, 11) is 0. The van der Waals surface area contributed by atoms with E-state index in [0.29, 0.717) is 0 Å². The molecule has 2 rings (SSSR count). The van der Waals surface area contributed by atoms with Crippen LogP contribution in [-0.2, 0) is 32.7 Å². The molecule has 0 aromatic heterocycles. The zero-order chi connectivity index (χ0) is 14.1. The van der Waals surface area contributed by atoms with Crippen LogP contribution in [0.2, 0.25) is 0 Å². The van der Waals surface area contributed by atoms with Crippen molar-refractivity contribution >= 4 is 0 Å². The molecule has 1 heteroatoms. The van der Waals surface area contributed by atoms with Crippen LogP contribution < -0.4 is 0 Å². The van der Waals surface area contributed by atoms with Crippen molar-refractivity contribution in [2.45, 2.75) is 20.8 Å². The van der Waals surface area contributed by atoms with Gasteiger partial charge in [-0.05, 0) is 0 Å². The molecule has 0 fully saturated rings. The minimum atomic E-state index is 0. The molecule has 0 saturated carbocycles. The predicted molar refractivity (Wildman–Crippen MR) is 82.4 cm³/mol. The first-order valence-electron chi connectivity index (χ1n) is 6.26. The Morgan fingerprint density at radius 3 is 2.10 bits per heavy atom. The van der Waals surface area contributed by atoms with Gasteiger partial charge in [0.2, 0.25) is 0 Å². The van der Waals surface area contributed by atoms with Crippen LogP contribution in [0.3, 0.4) is 0 Å². The fourth-order valence-electron chi connectivity index (χ4n) is 1.25. The zero-order valence-corrected chi connectivity index (χ0v) is 15.2. The summed E-state index contributed by atoms with van der Waals surface area (Å²) in [6, 6.07) is 18.6. The number of benzene rings is 2.